The van der Waals surface area contributed by atoms with Crippen LogP contribution in [-0.4, -0.2) is 27.0 Å². The fraction of sp³-hybridized carbons (Fsp3) is 0.278. The van der Waals surface area contributed by atoms with Crippen molar-refractivity contribution in [3.05, 3.63) is 58.5 Å². The summed E-state index contributed by atoms with van der Waals surface area (Å²) in [4.78, 5) is 17.0. The van der Waals surface area contributed by atoms with E-state index in [2.05, 4.69) is 26.8 Å². The summed E-state index contributed by atoms with van der Waals surface area (Å²) in [6.07, 6.45) is 2.64. The molecule has 1 aliphatic rings. The molecule has 3 heterocycles. The van der Waals surface area contributed by atoms with Crippen LogP contribution in [0.1, 0.15) is 32.9 Å². The van der Waals surface area contributed by atoms with Gasteiger partial charge in [-0.3, -0.25) is 4.79 Å². The van der Waals surface area contributed by atoms with Crippen molar-refractivity contribution in [1.82, 2.24) is 19.9 Å². The molecule has 0 bridgehead atoms. The second-order valence-electron chi connectivity index (χ2n) is 6.18. The number of hydrogen-bond donors (Lipinski definition) is 2. The Balaban J connectivity index is 1.63. The fourth-order valence-electron chi connectivity index (χ4n) is 3.14. The minimum atomic E-state index is -0.168. The van der Waals surface area contributed by atoms with Gasteiger partial charge in [0.1, 0.15) is 0 Å². The van der Waals surface area contributed by atoms with Crippen LogP contribution in [0.5, 0.6) is 0 Å². The van der Waals surface area contributed by atoms with Gasteiger partial charge in [0.25, 0.3) is 5.91 Å². The number of carbonyl (C=O) groups excluding carboxylic acids is 1. The van der Waals surface area contributed by atoms with Gasteiger partial charge in [-0.05, 0) is 50.1 Å². The summed E-state index contributed by atoms with van der Waals surface area (Å²) in [5, 5.41) is 10.7. The highest BCUT2D eigenvalue weighted by molar-refractivity contribution is 6.05. The van der Waals surface area contributed by atoms with E-state index in [-0.39, 0.29) is 5.91 Å². The zero-order valence-electron chi connectivity index (χ0n) is 13.8. The molecule has 2 aromatic heterocycles. The number of carbonyl (C=O) groups is 1. The number of amides is 1. The first-order valence-electron chi connectivity index (χ1n) is 8.08. The van der Waals surface area contributed by atoms with Gasteiger partial charge in [0, 0.05) is 24.5 Å². The highest BCUT2D eigenvalue weighted by Gasteiger charge is 2.15. The molecule has 0 fully saturated rings. The number of anilines is 1. The molecule has 1 aromatic carbocycles. The largest absolute Gasteiger partial charge is 0.322 e. The predicted molar refractivity (Wildman–Crippen MR) is 92.3 cm³/mol. The Morgan fingerprint density at radius 1 is 1.25 bits per heavy atom. The van der Waals surface area contributed by atoms with Crippen molar-refractivity contribution in [3.8, 4) is 0 Å². The molecule has 0 unspecified atom stereocenters. The van der Waals surface area contributed by atoms with E-state index in [0.29, 0.717) is 5.56 Å². The summed E-state index contributed by atoms with van der Waals surface area (Å²) in [7, 11) is 0. The highest BCUT2D eigenvalue weighted by atomic mass is 16.1. The molecular weight excluding hydrogens is 302 g/mol. The maximum atomic E-state index is 12.6. The molecule has 0 aliphatic carbocycles. The number of hydrogen-bond acceptors (Lipinski definition) is 4. The van der Waals surface area contributed by atoms with Gasteiger partial charge in [-0.25, -0.2) is 9.50 Å². The first kappa shape index (κ1) is 14.8. The van der Waals surface area contributed by atoms with Crippen LogP contribution < -0.4 is 10.6 Å². The Bertz CT molecular complexity index is 944. The van der Waals surface area contributed by atoms with E-state index in [1.165, 1.54) is 11.1 Å². The standard InChI is InChI=1S/C18H19N5O/c1-11-7-17-20-10-16(12(2)23(17)22-11)18(24)21-15-4-3-13-5-6-19-9-14(13)8-15/h3-4,7-8,10,19H,5-6,9H2,1-2H3,(H,21,24). The van der Waals surface area contributed by atoms with Crippen LogP contribution in [0, 0.1) is 13.8 Å². The van der Waals surface area contributed by atoms with Crippen molar-refractivity contribution in [3.63, 3.8) is 0 Å². The maximum absolute atomic E-state index is 12.6. The molecule has 0 saturated carbocycles. The van der Waals surface area contributed by atoms with Gasteiger partial charge in [0.2, 0.25) is 0 Å². The first-order valence-corrected chi connectivity index (χ1v) is 8.08. The molecule has 3 aromatic rings. The minimum Gasteiger partial charge on any atom is -0.322 e. The SMILES string of the molecule is Cc1cc2ncc(C(=O)Nc3ccc4c(c3)CNCC4)c(C)n2n1. The van der Waals surface area contributed by atoms with E-state index < -0.39 is 0 Å². The van der Waals surface area contributed by atoms with Crippen molar-refractivity contribution < 1.29 is 4.79 Å². The van der Waals surface area contributed by atoms with Gasteiger partial charge in [0.05, 0.1) is 17.0 Å². The van der Waals surface area contributed by atoms with Crippen LogP contribution in [0.25, 0.3) is 5.65 Å². The van der Waals surface area contributed by atoms with Crippen molar-refractivity contribution in [2.45, 2.75) is 26.8 Å². The third-order valence-corrected chi connectivity index (χ3v) is 4.44. The monoisotopic (exact) mass is 321 g/mol. The predicted octanol–water partition coefficient (Wildman–Crippen LogP) is 2.24. The Kier molecular flexibility index (Phi) is 3.54. The lowest BCUT2D eigenvalue weighted by Gasteiger charge is -2.18. The molecule has 122 valence electrons. The normalized spacial score (nSPS) is 13.8. The number of rotatable bonds is 2. The topological polar surface area (TPSA) is 71.3 Å². The van der Waals surface area contributed by atoms with Crippen LogP contribution in [0.3, 0.4) is 0 Å². The second kappa shape index (κ2) is 5.72. The summed E-state index contributed by atoms with van der Waals surface area (Å²) >= 11 is 0. The molecule has 0 atom stereocenters. The highest BCUT2D eigenvalue weighted by Crippen LogP contribution is 2.20. The minimum absolute atomic E-state index is 0.168. The van der Waals surface area contributed by atoms with Gasteiger partial charge in [-0.1, -0.05) is 6.07 Å². The maximum Gasteiger partial charge on any atom is 0.259 e. The third-order valence-electron chi connectivity index (χ3n) is 4.44. The van der Waals surface area contributed by atoms with Gasteiger partial charge in [-0.2, -0.15) is 5.10 Å². The average molecular weight is 321 g/mol. The van der Waals surface area contributed by atoms with Gasteiger partial charge < -0.3 is 10.6 Å². The molecule has 0 saturated heterocycles. The molecule has 4 rings (SSSR count). The zero-order chi connectivity index (χ0) is 16.7. The molecule has 24 heavy (non-hydrogen) atoms. The Morgan fingerprint density at radius 3 is 3.00 bits per heavy atom. The van der Waals surface area contributed by atoms with Crippen LogP contribution in [-0.2, 0) is 13.0 Å². The van der Waals surface area contributed by atoms with Crippen LogP contribution in [0.4, 0.5) is 5.69 Å². The van der Waals surface area contributed by atoms with Crippen LogP contribution in [0.2, 0.25) is 0 Å². The Morgan fingerprint density at radius 2 is 2.12 bits per heavy atom. The lowest BCUT2D eigenvalue weighted by Crippen LogP contribution is -2.24. The molecule has 1 amide bonds. The molecule has 6 nitrogen and oxygen atoms in total. The molecular formula is C18H19N5O. The summed E-state index contributed by atoms with van der Waals surface area (Å²) in [5.41, 5.74) is 6.34. The van der Waals surface area contributed by atoms with Gasteiger partial charge in [-0.15, -0.1) is 0 Å². The fourth-order valence-corrected chi connectivity index (χ4v) is 3.14. The molecule has 6 heteroatoms. The number of benzene rings is 1. The molecule has 0 spiro atoms. The lowest BCUT2D eigenvalue weighted by atomic mass is 10.0. The van der Waals surface area contributed by atoms with E-state index in [1.54, 1.807) is 10.7 Å². The van der Waals surface area contributed by atoms with Gasteiger partial charge >= 0.3 is 0 Å². The van der Waals surface area contributed by atoms with E-state index in [4.69, 9.17) is 0 Å². The second-order valence-corrected chi connectivity index (χ2v) is 6.18. The van der Waals surface area contributed by atoms with Crippen LogP contribution >= 0.6 is 0 Å². The van der Waals surface area contributed by atoms with E-state index in [1.807, 2.05) is 32.0 Å². The molecule has 1 aliphatic heterocycles. The molecule has 2 N–H and O–H groups in total. The number of nitrogens with one attached hydrogen (secondary N) is 2. The number of aryl methyl sites for hydroxylation is 2. The molecule has 0 radical (unpaired) electrons. The third kappa shape index (κ3) is 2.55. The Hall–Kier alpha value is -2.73. The smallest absolute Gasteiger partial charge is 0.259 e. The summed E-state index contributed by atoms with van der Waals surface area (Å²) < 4.78 is 1.71. The first-order chi connectivity index (χ1) is 11.6. The Labute approximate surface area is 139 Å². The van der Waals surface area contributed by atoms with E-state index in [9.17, 15) is 4.79 Å². The lowest BCUT2D eigenvalue weighted by molar-refractivity contribution is 0.102. The number of nitrogens with zero attached hydrogens (tertiary/aromatic N) is 3. The van der Waals surface area contributed by atoms with Gasteiger partial charge in [0.15, 0.2) is 5.65 Å². The summed E-state index contributed by atoms with van der Waals surface area (Å²) in [5.74, 6) is -0.168. The number of fused-ring (bicyclic) bond motifs is 2. The summed E-state index contributed by atoms with van der Waals surface area (Å²) in [6.45, 7) is 5.65. The zero-order valence-corrected chi connectivity index (χ0v) is 13.8. The van der Waals surface area contributed by atoms with Crippen molar-refractivity contribution in [2.75, 3.05) is 11.9 Å². The quantitative estimate of drug-likeness (QED) is 0.759. The number of aromatic nitrogens is 3. The van der Waals surface area contributed by atoms with Crippen molar-refractivity contribution >= 4 is 17.2 Å². The summed E-state index contributed by atoms with van der Waals surface area (Å²) in [6, 6.07) is 7.99. The van der Waals surface area contributed by atoms with Crippen molar-refractivity contribution in [2.24, 2.45) is 0 Å². The van der Waals surface area contributed by atoms with E-state index in [0.717, 1.165) is 42.2 Å². The van der Waals surface area contributed by atoms with Crippen molar-refractivity contribution in [1.29, 1.82) is 0 Å². The van der Waals surface area contributed by atoms with Crippen LogP contribution in [0.15, 0.2) is 30.5 Å². The average Bonchev–Trinajstić information content (AvgIpc) is 2.96. The van der Waals surface area contributed by atoms with E-state index >= 15 is 0 Å².